The van der Waals surface area contributed by atoms with Crippen molar-refractivity contribution in [1.82, 2.24) is 5.16 Å². The van der Waals surface area contributed by atoms with E-state index in [-0.39, 0.29) is 11.4 Å². The topological polar surface area (TPSA) is 92.5 Å². The van der Waals surface area contributed by atoms with Crippen LogP contribution in [0.15, 0.2) is 59.1 Å². The summed E-state index contributed by atoms with van der Waals surface area (Å²) < 4.78 is 31.3. The predicted molar refractivity (Wildman–Crippen MR) is 111 cm³/mol. The Balaban J connectivity index is 1.51. The van der Waals surface area contributed by atoms with Crippen molar-refractivity contribution in [2.45, 2.75) is 19.8 Å². The number of carbonyl (C=O) groups is 1. The summed E-state index contributed by atoms with van der Waals surface area (Å²) in [5.41, 5.74) is 3.15. The molecule has 7 nitrogen and oxygen atoms in total. The van der Waals surface area contributed by atoms with Gasteiger partial charge in [-0.15, -0.1) is 0 Å². The third-order valence-corrected chi connectivity index (χ3v) is 6.69. The molecule has 4 rings (SSSR count). The molecule has 0 atom stereocenters. The number of benzene rings is 2. The van der Waals surface area contributed by atoms with Crippen molar-refractivity contribution in [3.05, 3.63) is 65.9 Å². The fourth-order valence-electron chi connectivity index (χ4n) is 3.25. The number of carbonyl (C=O) groups excluding carboxylic acids is 1. The van der Waals surface area contributed by atoms with Crippen LogP contribution in [0.25, 0.3) is 11.3 Å². The maximum absolute atomic E-state index is 12.6. The van der Waals surface area contributed by atoms with E-state index in [4.69, 9.17) is 4.52 Å². The van der Waals surface area contributed by atoms with Crippen molar-refractivity contribution in [1.29, 1.82) is 0 Å². The molecule has 0 spiro atoms. The van der Waals surface area contributed by atoms with E-state index in [9.17, 15) is 13.2 Å². The Kier molecular flexibility index (Phi) is 5.10. The SMILES string of the molecule is Cc1ccc(-c2cc(C(=O)Nc3cccc(N4CCCCS4(=O)=O)c3)no2)cc1. The van der Waals surface area contributed by atoms with Crippen LogP contribution in [-0.2, 0) is 10.0 Å². The molecule has 0 aliphatic carbocycles. The summed E-state index contributed by atoms with van der Waals surface area (Å²) in [5, 5.41) is 6.61. The van der Waals surface area contributed by atoms with Gasteiger partial charge in [-0.1, -0.05) is 41.1 Å². The highest BCUT2D eigenvalue weighted by molar-refractivity contribution is 7.92. The van der Waals surface area contributed by atoms with Crippen LogP contribution >= 0.6 is 0 Å². The summed E-state index contributed by atoms with van der Waals surface area (Å²) in [5.74, 6) is 0.221. The predicted octanol–water partition coefficient (Wildman–Crippen LogP) is 3.83. The summed E-state index contributed by atoms with van der Waals surface area (Å²) >= 11 is 0. The zero-order chi connectivity index (χ0) is 20.4. The Morgan fingerprint density at radius 1 is 1.10 bits per heavy atom. The molecule has 0 unspecified atom stereocenters. The summed E-state index contributed by atoms with van der Waals surface area (Å²) in [4.78, 5) is 12.6. The van der Waals surface area contributed by atoms with E-state index in [1.165, 1.54) is 4.31 Å². The zero-order valence-electron chi connectivity index (χ0n) is 16.0. The maximum atomic E-state index is 12.6. The molecule has 3 aromatic rings. The summed E-state index contributed by atoms with van der Waals surface area (Å²) in [6.45, 7) is 2.44. The normalized spacial score (nSPS) is 15.8. The largest absolute Gasteiger partial charge is 0.355 e. The van der Waals surface area contributed by atoms with Crippen LogP contribution in [0.3, 0.4) is 0 Å². The quantitative estimate of drug-likeness (QED) is 0.704. The minimum absolute atomic E-state index is 0.143. The van der Waals surface area contributed by atoms with Crippen molar-refractivity contribution in [2.75, 3.05) is 21.9 Å². The summed E-state index contributed by atoms with van der Waals surface area (Å²) in [6, 6.07) is 16.1. The van der Waals surface area contributed by atoms with E-state index >= 15 is 0 Å². The van der Waals surface area contributed by atoms with Crippen LogP contribution in [0, 0.1) is 6.92 Å². The van der Waals surface area contributed by atoms with Crippen LogP contribution in [0.2, 0.25) is 0 Å². The Hall–Kier alpha value is -3.13. The lowest BCUT2D eigenvalue weighted by atomic mass is 10.1. The molecule has 0 bridgehead atoms. The number of nitrogens with zero attached hydrogens (tertiary/aromatic N) is 2. The van der Waals surface area contributed by atoms with Gasteiger partial charge in [0.2, 0.25) is 10.0 Å². The van der Waals surface area contributed by atoms with Crippen molar-refractivity contribution in [3.8, 4) is 11.3 Å². The second-order valence-corrected chi connectivity index (χ2v) is 9.05. The summed E-state index contributed by atoms with van der Waals surface area (Å²) in [7, 11) is -3.31. The van der Waals surface area contributed by atoms with Gasteiger partial charge in [-0.05, 0) is 38.0 Å². The fourth-order valence-corrected chi connectivity index (χ4v) is 4.88. The van der Waals surface area contributed by atoms with Gasteiger partial charge in [-0.25, -0.2) is 8.42 Å². The van der Waals surface area contributed by atoms with Gasteiger partial charge in [0.15, 0.2) is 11.5 Å². The second-order valence-electron chi connectivity index (χ2n) is 7.04. The monoisotopic (exact) mass is 411 g/mol. The van der Waals surface area contributed by atoms with Crippen molar-refractivity contribution in [3.63, 3.8) is 0 Å². The van der Waals surface area contributed by atoms with Crippen molar-refractivity contribution in [2.24, 2.45) is 0 Å². The maximum Gasteiger partial charge on any atom is 0.277 e. The number of nitrogens with one attached hydrogen (secondary N) is 1. The standard InChI is InChI=1S/C21H21N3O4S/c1-15-7-9-16(10-8-15)20-14-19(23-28-20)21(25)22-17-5-4-6-18(13-17)24-11-2-3-12-29(24,26)27/h4-10,13-14H,2-3,11-12H2,1H3,(H,22,25). The van der Waals surface area contributed by atoms with Crippen LogP contribution in [0.5, 0.6) is 0 Å². The molecule has 150 valence electrons. The third kappa shape index (κ3) is 4.17. The number of hydrogen-bond donors (Lipinski definition) is 1. The Bertz CT molecular complexity index is 1140. The van der Waals surface area contributed by atoms with E-state index in [0.717, 1.165) is 17.5 Å². The van der Waals surface area contributed by atoms with E-state index in [1.807, 2.05) is 31.2 Å². The van der Waals surface area contributed by atoms with E-state index in [2.05, 4.69) is 10.5 Å². The van der Waals surface area contributed by atoms with Gasteiger partial charge in [-0.2, -0.15) is 0 Å². The first-order valence-corrected chi connectivity index (χ1v) is 11.0. The Labute approximate surface area is 169 Å². The first-order valence-electron chi connectivity index (χ1n) is 9.38. The molecule has 1 aliphatic rings. The van der Waals surface area contributed by atoms with E-state index in [1.54, 1.807) is 30.3 Å². The minimum Gasteiger partial charge on any atom is -0.355 e. The molecule has 1 aromatic heterocycles. The molecule has 1 aliphatic heterocycles. The molecule has 1 amide bonds. The minimum atomic E-state index is -3.31. The molecule has 0 radical (unpaired) electrons. The highest BCUT2D eigenvalue weighted by atomic mass is 32.2. The average Bonchev–Trinajstić information content (AvgIpc) is 3.19. The summed E-state index contributed by atoms with van der Waals surface area (Å²) in [6.07, 6.45) is 1.49. The number of amides is 1. The van der Waals surface area contributed by atoms with Crippen LogP contribution in [-0.4, -0.2) is 31.8 Å². The van der Waals surface area contributed by atoms with Gasteiger partial charge in [0, 0.05) is 23.9 Å². The van der Waals surface area contributed by atoms with Crippen LogP contribution in [0.4, 0.5) is 11.4 Å². The van der Waals surface area contributed by atoms with Gasteiger partial charge in [0.05, 0.1) is 11.4 Å². The van der Waals surface area contributed by atoms with Gasteiger partial charge >= 0.3 is 0 Å². The third-order valence-electron chi connectivity index (χ3n) is 4.82. The number of aryl methyl sites for hydroxylation is 1. The molecular weight excluding hydrogens is 390 g/mol. The number of rotatable bonds is 4. The molecule has 1 N–H and O–H groups in total. The second kappa shape index (κ2) is 7.71. The molecule has 8 heteroatoms. The first-order chi connectivity index (χ1) is 13.9. The molecular formula is C21H21N3O4S. The van der Waals surface area contributed by atoms with Crippen molar-refractivity contribution < 1.29 is 17.7 Å². The van der Waals surface area contributed by atoms with Crippen LogP contribution in [0.1, 0.15) is 28.9 Å². The molecule has 1 saturated heterocycles. The van der Waals surface area contributed by atoms with Gasteiger partial charge < -0.3 is 9.84 Å². The Morgan fingerprint density at radius 3 is 2.66 bits per heavy atom. The number of sulfonamides is 1. The van der Waals surface area contributed by atoms with Crippen molar-refractivity contribution >= 4 is 27.3 Å². The molecule has 0 saturated carbocycles. The fraction of sp³-hybridized carbons (Fsp3) is 0.238. The molecule has 1 fully saturated rings. The highest BCUT2D eigenvalue weighted by Gasteiger charge is 2.26. The van der Waals surface area contributed by atoms with E-state index < -0.39 is 15.9 Å². The van der Waals surface area contributed by atoms with E-state index in [0.29, 0.717) is 30.1 Å². The number of aromatic nitrogens is 1. The molecule has 29 heavy (non-hydrogen) atoms. The molecule has 2 aromatic carbocycles. The lowest BCUT2D eigenvalue weighted by molar-refractivity contribution is 0.101. The van der Waals surface area contributed by atoms with Gasteiger partial charge in [0.1, 0.15) is 0 Å². The zero-order valence-corrected chi connectivity index (χ0v) is 16.8. The average molecular weight is 411 g/mol. The van der Waals surface area contributed by atoms with Crippen LogP contribution < -0.4 is 9.62 Å². The number of anilines is 2. The van der Waals surface area contributed by atoms with Gasteiger partial charge in [0.25, 0.3) is 5.91 Å². The lowest BCUT2D eigenvalue weighted by Crippen LogP contribution is -2.37. The molecule has 2 heterocycles. The van der Waals surface area contributed by atoms with Gasteiger partial charge in [-0.3, -0.25) is 9.10 Å². The first kappa shape index (κ1) is 19.2. The Morgan fingerprint density at radius 2 is 1.90 bits per heavy atom. The lowest BCUT2D eigenvalue weighted by Gasteiger charge is -2.28. The highest BCUT2D eigenvalue weighted by Crippen LogP contribution is 2.26. The number of hydrogen-bond acceptors (Lipinski definition) is 5. The smallest absolute Gasteiger partial charge is 0.277 e.